The number of aromatic nitrogens is 2. The summed E-state index contributed by atoms with van der Waals surface area (Å²) in [6.07, 6.45) is 8.55. The van der Waals surface area contributed by atoms with Crippen LogP contribution in [0.5, 0.6) is 0 Å². The molecule has 0 saturated carbocycles. The predicted octanol–water partition coefficient (Wildman–Crippen LogP) is 3.48. The van der Waals surface area contributed by atoms with Crippen molar-refractivity contribution in [1.82, 2.24) is 20.2 Å². The fraction of sp³-hybridized carbons (Fsp3) is 0.591. The maximum Gasteiger partial charge on any atom is 0.263 e. The van der Waals surface area contributed by atoms with E-state index >= 15 is 0 Å². The van der Waals surface area contributed by atoms with Gasteiger partial charge in [-0.1, -0.05) is 24.3 Å². The van der Waals surface area contributed by atoms with Gasteiger partial charge in [-0.05, 0) is 56.7 Å². The van der Waals surface area contributed by atoms with E-state index in [-0.39, 0.29) is 5.91 Å². The summed E-state index contributed by atoms with van der Waals surface area (Å²) in [5, 5.41) is 3.94. The Bertz CT molecular complexity index is 830. The topological polar surface area (TPSA) is 61.4 Å². The van der Waals surface area contributed by atoms with E-state index in [9.17, 15) is 4.79 Å². The minimum atomic E-state index is -0.0732. The molecule has 156 valence electrons. The van der Waals surface area contributed by atoms with Crippen molar-refractivity contribution in [3.05, 3.63) is 40.7 Å². The zero-order valence-electron chi connectivity index (χ0n) is 17.4. The monoisotopic (exact) mass is 413 g/mol. The van der Waals surface area contributed by atoms with Crippen molar-refractivity contribution in [2.75, 3.05) is 31.1 Å². The molecule has 29 heavy (non-hydrogen) atoms. The molecule has 1 atom stereocenters. The molecule has 0 bridgehead atoms. The molecule has 0 aliphatic carbocycles. The second-order valence-corrected chi connectivity index (χ2v) is 9.43. The third-order valence-corrected chi connectivity index (χ3v) is 7.25. The number of aryl methyl sites for hydroxylation is 1. The molecule has 2 aromatic rings. The number of nitrogens with zero attached hydrogens (tertiary/aromatic N) is 4. The van der Waals surface area contributed by atoms with Crippen LogP contribution in [0.2, 0.25) is 0 Å². The molecule has 1 amide bonds. The van der Waals surface area contributed by atoms with Gasteiger partial charge < -0.3 is 10.2 Å². The van der Waals surface area contributed by atoms with Gasteiger partial charge in [-0.2, -0.15) is 0 Å². The molecule has 2 fully saturated rings. The summed E-state index contributed by atoms with van der Waals surface area (Å²) in [6, 6.07) is 4.62. The highest BCUT2D eigenvalue weighted by Gasteiger charge is 2.28. The van der Waals surface area contributed by atoms with E-state index in [1.807, 2.05) is 19.1 Å². The van der Waals surface area contributed by atoms with Gasteiger partial charge in [0.15, 0.2) is 5.13 Å². The molecule has 1 N–H and O–H groups in total. The molecule has 0 unspecified atom stereocenters. The summed E-state index contributed by atoms with van der Waals surface area (Å²) in [5.74, 6) is 0.757. The molecule has 0 aromatic carbocycles. The predicted molar refractivity (Wildman–Crippen MR) is 117 cm³/mol. The average Bonchev–Trinajstić information content (AvgIpc) is 3.23. The van der Waals surface area contributed by atoms with Crippen LogP contribution in [-0.2, 0) is 6.54 Å². The minimum Gasteiger partial charge on any atom is -0.348 e. The highest BCUT2D eigenvalue weighted by atomic mass is 32.1. The Labute approximate surface area is 177 Å². The van der Waals surface area contributed by atoms with Gasteiger partial charge in [0.25, 0.3) is 5.91 Å². The zero-order valence-corrected chi connectivity index (χ0v) is 18.2. The van der Waals surface area contributed by atoms with Crippen LogP contribution in [0.15, 0.2) is 24.5 Å². The SMILES string of the molecule is Cc1cccnc1CNC(=O)c1cnc(N2CCC(N3CCC[C@@H](C)C3)CC2)s1. The Kier molecular flexibility index (Phi) is 6.45. The fourth-order valence-corrected chi connectivity index (χ4v) is 5.33. The highest BCUT2D eigenvalue weighted by molar-refractivity contribution is 7.17. The first-order valence-electron chi connectivity index (χ1n) is 10.7. The normalized spacial score (nSPS) is 21.3. The van der Waals surface area contributed by atoms with Gasteiger partial charge >= 0.3 is 0 Å². The van der Waals surface area contributed by atoms with Crippen LogP contribution >= 0.6 is 11.3 Å². The summed E-state index contributed by atoms with van der Waals surface area (Å²) >= 11 is 1.49. The van der Waals surface area contributed by atoms with Gasteiger partial charge in [0, 0.05) is 31.9 Å². The van der Waals surface area contributed by atoms with Gasteiger partial charge in [-0.3, -0.25) is 14.7 Å². The van der Waals surface area contributed by atoms with Crippen molar-refractivity contribution in [2.24, 2.45) is 5.92 Å². The van der Waals surface area contributed by atoms with E-state index in [2.05, 4.69) is 32.0 Å². The van der Waals surface area contributed by atoms with Crippen LogP contribution in [0.25, 0.3) is 0 Å². The standard InChI is InChI=1S/C22H31N5OS/c1-16-5-4-10-27(15-16)18-7-11-26(12-8-18)22-25-14-20(29-22)21(28)24-13-19-17(2)6-3-9-23-19/h3,6,9,14,16,18H,4-5,7-8,10-13,15H2,1-2H3,(H,24,28)/t16-/m1/s1. The maximum atomic E-state index is 12.5. The van der Waals surface area contributed by atoms with E-state index in [1.165, 1.54) is 50.1 Å². The highest BCUT2D eigenvalue weighted by Crippen LogP contribution is 2.28. The average molecular weight is 414 g/mol. The lowest BCUT2D eigenvalue weighted by atomic mass is 9.95. The number of hydrogen-bond donors (Lipinski definition) is 1. The van der Waals surface area contributed by atoms with Crippen molar-refractivity contribution >= 4 is 22.4 Å². The summed E-state index contributed by atoms with van der Waals surface area (Å²) in [7, 11) is 0. The molecule has 4 heterocycles. The quantitative estimate of drug-likeness (QED) is 0.813. The molecule has 4 rings (SSSR count). The summed E-state index contributed by atoms with van der Waals surface area (Å²) in [6.45, 7) is 9.38. The van der Waals surface area contributed by atoms with Crippen molar-refractivity contribution < 1.29 is 4.79 Å². The maximum absolute atomic E-state index is 12.5. The smallest absolute Gasteiger partial charge is 0.263 e. The van der Waals surface area contributed by atoms with Crippen LogP contribution in [0.3, 0.4) is 0 Å². The number of pyridine rings is 1. The van der Waals surface area contributed by atoms with Crippen LogP contribution in [-0.4, -0.2) is 53.0 Å². The molecule has 0 radical (unpaired) electrons. The van der Waals surface area contributed by atoms with Gasteiger partial charge in [-0.15, -0.1) is 0 Å². The molecule has 7 heteroatoms. The number of thiazole rings is 1. The summed E-state index contributed by atoms with van der Waals surface area (Å²) in [4.78, 5) is 27.1. The van der Waals surface area contributed by atoms with Gasteiger partial charge in [-0.25, -0.2) is 4.98 Å². The number of likely N-dealkylation sites (tertiary alicyclic amines) is 1. The number of anilines is 1. The van der Waals surface area contributed by atoms with Gasteiger partial charge in [0.1, 0.15) is 4.88 Å². The molecule has 2 aliphatic rings. The minimum absolute atomic E-state index is 0.0732. The largest absolute Gasteiger partial charge is 0.348 e. The number of nitrogens with one attached hydrogen (secondary N) is 1. The molecule has 2 aromatic heterocycles. The Morgan fingerprint density at radius 3 is 2.83 bits per heavy atom. The Balaban J connectivity index is 1.29. The number of piperidine rings is 2. The molecule has 2 saturated heterocycles. The molecule has 6 nitrogen and oxygen atoms in total. The second-order valence-electron chi connectivity index (χ2n) is 8.42. The first-order chi connectivity index (χ1) is 14.1. The Morgan fingerprint density at radius 2 is 2.07 bits per heavy atom. The first-order valence-corrected chi connectivity index (χ1v) is 11.6. The first kappa shape index (κ1) is 20.3. The van der Waals surface area contributed by atoms with Gasteiger partial charge in [0.2, 0.25) is 0 Å². The number of hydrogen-bond acceptors (Lipinski definition) is 6. The van der Waals surface area contributed by atoms with E-state index in [4.69, 9.17) is 0 Å². The summed E-state index contributed by atoms with van der Waals surface area (Å²) < 4.78 is 0. The number of carbonyl (C=O) groups is 1. The lowest BCUT2D eigenvalue weighted by Gasteiger charge is -2.41. The van der Waals surface area contributed by atoms with Gasteiger partial charge in [0.05, 0.1) is 18.4 Å². The van der Waals surface area contributed by atoms with Crippen molar-refractivity contribution in [3.8, 4) is 0 Å². The van der Waals surface area contributed by atoms with Crippen molar-refractivity contribution in [1.29, 1.82) is 0 Å². The molecular weight excluding hydrogens is 382 g/mol. The van der Waals surface area contributed by atoms with Crippen LogP contribution < -0.4 is 10.2 Å². The Hall–Kier alpha value is -1.99. The van der Waals surface area contributed by atoms with Crippen LogP contribution in [0.4, 0.5) is 5.13 Å². The van der Waals surface area contributed by atoms with Crippen LogP contribution in [0, 0.1) is 12.8 Å². The van der Waals surface area contributed by atoms with E-state index in [0.717, 1.165) is 35.4 Å². The molecular formula is C22H31N5OS. The number of carbonyl (C=O) groups excluding carboxylic acids is 1. The Morgan fingerprint density at radius 1 is 1.24 bits per heavy atom. The lowest BCUT2D eigenvalue weighted by Crippen LogP contribution is -2.48. The van der Waals surface area contributed by atoms with Crippen molar-refractivity contribution in [2.45, 2.75) is 52.1 Å². The van der Waals surface area contributed by atoms with E-state index < -0.39 is 0 Å². The van der Waals surface area contributed by atoms with Crippen molar-refractivity contribution in [3.63, 3.8) is 0 Å². The second kappa shape index (κ2) is 9.22. The van der Waals surface area contributed by atoms with E-state index in [1.54, 1.807) is 12.4 Å². The van der Waals surface area contributed by atoms with Crippen LogP contribution in [0.1, 0.15) is 53.5 Å². The third-order valence-electron chi connectivity index (χ3n) is 6.19. The lowest BCUT2D eigenvalue weighted by molar-refractivity contribution is 0.0954. The third kappa shape index (κ3) is 4.95. The number of amides is 1. The summed E-state index contributed by atoms with van der Waals surface area (Å²) in [5.41, 5.74) is 1.99. The fourth-order valence-electron chi connectivity index (χ4n) is 4.45. The zero-order chi connectivity index (χ0) is 20.2. The number of rotatable bonds is 5. The van der Waals surface area contributed by atoms with E-state index in [0.29, 0.717) is 17.5 Å². The molecule has 2 aliphatic heterocycles. The molecule has 0 spiro atoms.